The maximum absolute atomic E-state index is 10.9. The van der Waals surface area contributed by atoms with E-state index in [4.69, 9.17) is 5.11 Å². The van der Waals surface area contributed by atoms with Crippen LogP contribution in [-0.2, 0) is 4.79 Å². The second-order valence-corrected chi connectivity index (χ2v) is 6.79. The quantitative estimate of drug-likeness (QED) is 0.771. The van der Waals surface area contributed by atoms with Crippen LogP contribution in [0, 0.1) is 0 Å². The van der Waals surface area contributed by atoms with Crippen molar-refractivity contribution in [1.29, 1.82) is 0 Å². The molecule has 0 bridgehead atoms. The van der Waals surface area contributed by atoms with Gasteiger partial charge in [0.1, 0.15) is 0 Å². The summed E-state index contributed by atoms with van der Waals surface area (Å²) in [7, 11) is 0. The van der Waals surface area contributed by atoms with Gasteiger partial charge >= 0.3 is 5.97 Å². The lowest BCUT2D eigenvalue weighted by atomic mass is 9.91. The summed E-state index contributed by atoms with van der Waals surface area (Å²) in [6, 6.07) is 0.754. The predicted octanol–water partition coefficient (Wildman–Crippen LogP) is 2.24. The van der Waals surface area contributed by atoms with Gasteiger partial charge < -0.3 is 10.4 Å². The summed E-state index contributed by atoms with van der Waals surface area (Å²) < 4.78 is 0. The standard InChI is InChI=1S/C15H28N2O2/c1-15(2)11-16-12(9-14(18)19)10-17(15)13-7-5-3-4-6-8-13/h12-13,16H,3-11H2,1-2H3,(H,18,19). The van der Waals surface area contributed by atoms with Crippen molar-refractivity contribution < 1.29 is 9.90 Å². The fraction of sp³-hybridized carbons (Fsp3) is 0.933. The van der Waals surface area contributed by atoms with E-state index in [1.54, 1.807) is 0 Å². The highest BCUT2D eigenvalue weighted by molar-refractivity contribution is 5.67. The van der Waals surface area contributed by atoms with E-state index in [2.05, 4.69) is 24.1 Å². The summed E-state index contributed by atoms with van der Waals surface area (Å²) >= 11 is 0. The van der Waals surface area contributed by atoms with Gasteiger partial charge in [-0.2, -0.15) is 0 Å². The summed E-state index contributed by atoms with van der Waals surface area (Å²) in [5, 5.41) is 12.4. The molecule has 0 spiro atoms. The van der Waals surface area contributed by atoms with Crippen LogP contribution in [0.25, 0.3) is 0 Å². The predicted molar refractivity (Wildman–Crippen MR) is 76.3 cm³/mol. The Morgan fingerprint density at radius 2 is 1.89 bits per heavy atom. The van der Waals surface area contributed by atoms with Crippen LogP contribution in [0.15, 0.2) is 0 Å². The molecule has 2 rings (SSSR count). The lowest BCUT2D eigenvalue weighted by Gasteiger charge is -2.49. The molecule has 1 aliphatic heterocycles. The second kappa shape index (κ2) is 6.23. The molecular weight excluding hydrogens is 240 g/mol. The van der Waals surface area contributed by atoms with Gasteiger partial charge in [-0.25, -0.2) is 0 Å². The maximum Gasteiger partial charge on any atom is 0.304 e. The summed E-state index contributed by atoms with van der Waals surface area (Å²) in [4.78, 5) is 13.5. The fourth-order valence-electron chi connectivity index (χ4n) is 3.61. The lowest BCUT2D eigenvalue weighted by molar-refractivity contribution is -0.138. The normalized spacial score (nSPS) is 29.9. The first-order valence-electron chi connectivity index (χ1n) is 7.71. The van der Waals surface area contributed by atoms with Crippen molar-refractivity contribution in [3.8, 4) is 0 Å². The molecule has 2 N–H and O–H groups in total. The molecule has 1 aliphatic carbocycles. The molecule has 0 aromatic rings. The van der Waals surface area contributed by atoms with E-state index in [1.165, 1.54) is 38.5 Å². The third-order valence-electron chi connectivity index (χ3n) is 4.70. The first kappa shape index (κ1) is 14.8. The van der Waals surface area contributed by atoms with E-state index in [1.807, 2.05) is 0 Å². The van der Waals surface area contributed by atoms with Crippen LogP contribution in [0.5, 0.6) is 0 Å². The Morgan fingerprint density at radius 3 is 2.47 bits per heavy atom. The Kier molecular flexibility index (Phi) is 4.85. The highest BCUT2D eigenvalue weighted by Gasteiger charge is 2.38. The lowest BCUT2D eigenvalue weighted by Crippen LogP contribution is -2.64. The van der Waals surface area contributed by atoms with Crippen molar-refractivity contribution in [2.75, 3.05) is 13.1 Å². The number of hydrogen-bond acceptors (Lipinski definition) is 3. The van der Waals surface area contributed by atoms with Crippen molar-refractivity contribution in [3.63, 3.8) is 0 Å². The summed E-state index contributed by atoms with van der Waals surface area (Å²) in [6.07, 6.45) is 8.18. The number of rotatable bonds is 3. The smallest absolute Gasteiger partial charge is 0.304 e. The monoisotopic (exact) mass is 268 g/mol. The van der Waals surface area contributed by atoms with E-state index in [0.717, 1.165) is 13.1 Å². The molecule has 1 atom stereocenters. The Morgan fingerprint density at radius 1 is 1.26 bits per heavy atom. The van der Waals surface area contributed by atoms with Gasteiger partial charge in [0, 0.05) is 30.7 Å². The van der Waals surface area contributed by atoms with Gasteiger partial charge in [-0.3, -0.25) is 9.69 Å². The molecule has 0 amide bonds. The number of carboxylic acids is 1. The van der Waals surface area contributed by atoms with Gasteiger partial charge in [0.25, 0.3) is 0 Å². The molecular formula is C15H28N2O2. The first-order chi connectivity index (χ1) is 8.99. The second-order valence-electron chi connectivity index (χ2n) is 6.79. The minimum absolute atomic E-state index is 0.105. The number of carbonyl (C=O) groups is 1. The molecule has 1 unspecified atom stereocenters. The van der Waals surface area contributed by atoms with E-state index in [0.29, 0.717) is 6.04 Å². The van der Waals surface area contributed by atoms with Gasteiger partial charge in [-0.05, 0) is 26.7 Å². The molecule has 1 heterocycles. The summed E-state index contributed by atoms with van der Waals surface area (Å²) in [5.74, 6) is -0.696. The van der Waals surface area contributed by atoms with Crippen molar-refractivity contribution in [3.05, 3.63) is 0 Å². The molecule has 2 aliphatic rings. The fourth-order valence-corrected chi connectivity index (χ4v) is 3.61. The summed E-state index contributed by atoms with van der Waals surface area (Å²) in [6.45, 7) is 6.33. The zero-order valence-corrected chi connectivity index (χ0v) is 12.3. The van der Waals surface area contributed by atoms with Gasteiger partial charge in [0.15, 0.2) is 0 Å². The van der Waals surface area contributed by atoms with Crippen LogP contribution >= 0.6 is 0 Å². The van der Waals surface area contributed by atoms with Crippen molar-refractivity contribution in [1.82, 2.24) is 10.2 Å². The van der Waals surface area contributed by atoms with Crippen molar-refractivity contribution in [2.45, 2.75) is 76.4 Å². The third-order valence-corrected chi connectivity index (χ3v) is 4.70. The van der Waals surface area contributed by atoms with Crippen molar-refractivity contribution >= 4 is 5.97 Å². The van der Waals surface area contributed by atoms with Gasteiger partial charge in [-0.1, -0.05) is 25.7 Å². The Labute approximate surface area is 116 Å². The largest absolute Gasteiger partial charge is 0.481 e. The van der Waals surface area contributed by atoms with Crippen LogP contribution < -0.4 is 5.32 Å². The highest BCUT2D eigenvalue weighted by atomic mass is 16.4. The van der Waals surface area contributed by atoms with E-state index < -0.39 is 5.97 Å². The van der Waals surface area contributed by atoms with Crippen LogP contribution in [-0.4, -0.2) is 46.7 Å². The molecule has 2 fully saturated rings. The van der Waals surface area contributed by atoms with E-state index >= 15 is 0 Å². The number of carboxylic acid groups (broad SMARTS) is 1. The number of hydrogen-bond donors (Lipinski definition) is 2. The number of piperazine rings is 1. The van der Waals surface area contributed by atoms with E-state index in [-0.39, 0.29) is 18.0 Å². The average molecular weight is 268 g/mol. The molecule has 4 heteroatoms. The minimum atomic E-state index is -0.696. The molecule has 19 heavy (non-hydrogen) atoms. The first-order valence-corrected chi connectivity index (χ1v) is 7.71. The van der Waals surface area contributed by atoms with Gasteiger partial charge in [0.2, 0.25) is 0 Å². The zero-order chi connectivity index (χ0) is 13.9. The minimum Gasteiger partial charge on any atom is -0.481 e. The average Bonchev–Trinajstić information content (AvgIpc) is 2.59. The Hall–Kier alpha value is -0.610. The molecule has 0 radical (unpaired) electrons. The molecule has 1 saturated heterocycles. The summed E-state index contributed by atoms with van der Waals surface area (Å²) in [5.41, 5.74) is 0.143. The van der Waals surface area contributed by atoms with Crippen LogP contribution in [0.1, 0.15) is 58.8 Å². The molecule has 0 aromatic heterocycles. The zero-order valence-electron chi connectivity index (χ0n) is 12.3. The van der Waals surface area contributed by atoms with Crippen LogP contribution in [0.4, 0.5) is 0 Å². The number of aliphatic carboxylic acids is 1. The van der Waals surface area contributed by atoms with Crippen LogP contribution in [0.2, 0.25) is 0 Å². The number of nitrogens with one attached hydrogen (secondary N) is 1. The Balaban J connectivity index is 2.02. The SMILES string of the molecule is CC1(C)CNC(CC(=O)O)CN1C1CCCCCC1. The molecule has 0 aromatic carbocycles. The number of nitrogens with zero attached hydrogens (tertiary/aromatic N) is 1. The molecule has 4 nitrogen and oxygen atoms in total. The molecule has 110 valence electrons. The third kappa shape index (κ3) is 3.93. The Bertz CT molecular complexity index is 309. The van der Waals surface area contributed by atoms with Gasteiger partial charge in [-0.15, -0.1) is 0 Å². The maximum atomic E-state index is 10.9. The van der Waals surface area contributed by atoms with Crippen LogP contribution in [0.3, 0.4) is 0 Å². The van der Waals surface area contributed by atoms with Crippen molar-refractivity contribution in [2.24, 2.45) is 0 Å². The van der Waals surface area contributed by atoms with E-state index in [9.17, 15) is 4.79 Å². The van der Waals surface area contributed by atoms with Gasteiger partial charge in [0.05, 0.1) is 6.42 Å². The highest BCUT2D eigenvalue weighted by Crippen LogP contribution is 2.29. The molecule has 1 saturated carbocycles. The topological polar surface area (TPSA) is 52.6 Å².